The van der Waals surface area contributed by atoms with Gasteiger partial charge in [0.2, 0.25) is 0 Å². The third-order valence-corrected chi connectivity index (χ3v) is 5.03. The lowest BCUT2D eigenvalue weighted by molar-refractivity contribution is 0.471. The maximum Gasteiger partial charge on any atom is 0.264 e. The molecule has 2 N–H and O–H groups in total. The van der Waals surface area contributed by atoms with Crippen LogP contribution < -0.4 is 4.72 Å². The van der Waals surface area contributed by atoms with Crippen molar-refractivity contribution in [1.82, 2.24) is 8.75 Å². The highest BCUT2D eigenvalue weighted by atomic mass is 32.2. The number of aromatic hydroxyl groups is 1. The highest BCUT2D eigenvalue weighted by Gasteiger charge is 2.20. The van der Waals surface area contributed by atoms with E-state index in [1.54, 1.807) is 31.2 Å². The lowest BCUT2D eigenvalue weighted by Crippen LogP contribution is -2.14. The van der Waals surface area contributed by atoms with Crippen molar-refractivity contribution in [3.63, 3.8) is 0 Å². The molecule has 108 valence electrons. The number of fused-ring (bicyclic) bond motifs is 1. The predicted octanol–water partition coefficient (Wildman–Crippen LogP) is 2.51. The number of benzene rings is 2. The van der Waals surface area contributed by atoms with Crippen molar-refractivity contribution in [2.45, 2.75) is 11.8 Å². The molecule has 3 aromatic rings. The molecule has 0 radical (unpaired) electrons. The first-order valence-corrected chi connectivity index (χ1v) is 8.23. The van der Waals surface area contributed by atoms with Crippen LogP contribution in [-0.4, -0.2) is 22.3 Å². The van der Waals surface area contributed by atoms with Crippen molar-refractivity contribution in [3.05, 3.63) is 42.0 Å². The molecule has 3 rings (SSSR count). The van der Waals surface area contributed by atoms with Crippen LogP contribution in [-0.2, 0) is 10.0 Å². The minimum Gasteiger partial charge on any atom is -0.508 e. The summed E-state index contributed by atoms with van der Waals surface area (Å²) in [4.78, 5) is 0.0662. The minimum atomic E-state index is -3.81. The summed E-state index contributed by atoms with van der Waals surface area (Å²) in [5.41, 5.74) is 1.67. The quantitative estimate of drug-likeness (QED) is 0.773. The highest BCUT2D eigenvalue weighted by Crippen LogP contribution is 2.28. The summed E-state index contributed by atoms with van der Waals surface area (Å²) in [6, 6.07) is 9.46. The van der Waals surface area contributed by atoms with Crippen LogP contribution in [0.15, 0.2) is 41.3 Å². The van der Waals surface area contributed by atoms with Gasteiger partial charge in [0.05, 0.1) is 17.4 Å². The zero-order chi connectivity index (χ0) is 15.0. The van der Waals surface area contributed by atoms with Crippen LogP contribution >= 0.6 is 11.7 Å². The standard InChI is InChI=1S/C13H11N3O3S2/c1-8-9(4-2-6-11(8)17)16-21(18,19)12-7-3-5-10-13(12)15-20-14-10/h2-7,16-17H,1H3. The van der Waals surface area contributed by atoms with Gasteiger partial charge in [0.25, 0.3) is 10.0 Å². The maximum absolute atomic E-state index is 12.5. The van der Waals surface area contributed by atoms with Crippen LogP contribution in [0.4, 0.5) is 5.69 Å². The number of phenols is 1. The molecule has 0 saturated heterocycles. The summed E-state index contributed by atoms with van der Waals surface area (Å²) >= 11 is 0.963. The monoisotopic (exact) mass is 321 g/mol. The van der Waals surface area contributed by atoms with Crippen molar-refractivity contribution in [2.75, 3.05) is 4.72 Å². The SMILES string of the molecule is Cc1c(O)cccc1NS(=O)(=O)c1cccc2nsnc12. The fraction of sp³-hybridized carbons (Fsp3) is 0.0769. The summed E-state index contributed by atoms with van der Waals surface area (Å²) in [5.74, 6) is 0.0312. The zero-order valence-corrected chi connectivity index (χ0v) is 12.6. The highest BCUT2D eigenvalue weighted by molar-refractivity contribution is 7.93. The predicted molar refractivity (Wildman–Crippen MR) is 81.1 cm³/mol. The van der Waals surface area contributed by atoms with Gasteiger partial charge in [-0.15, -0.1) is 0 Å². The number of aromatic nitrogens is 2. The molecule has 0 fully saturated rings. The first kappa shape index (κ1) is 13.8. The number of hydrogen-bond acceptors (Lipinski definition) is 6. The average Bonchev–Trinajstić information content (AvgIpc) is 2.91. The van der Waals surface area contributed by atoms with E-state index in [4.69, 9.17) is 0 Å². The summed E-state index contributed by atoms with van der Waals surface area (Å²) < 4.78 is 35.6. The smallest absolute Gasteiger partial charge is 0.264 e. The fourth-order valence-corrected chi connectivity index (χ4v) is 3.82. The van der Waals surface area contributed by atoms with Gasteiger partial charge in [-0.25, -0.2) is 8.42 Å². The molecule has 0 saturated carbocycles. The van der Waals surface area contributed by atoms with E-state index in [-0.39, 0.29) is 10.6 Å². The Bertz CT molecular complexity index is 919. The van der Waals surface area contributed by atoms with E-state index in [9.17, 15) is 13.5 Å². The molecule has 0 amide bonds. The van der Waals surface area contributed by atoms with E-state index >= 15 is 0 Å². The van der Waals surface area contributed by atoms with E-state index in [2.05, 4.69) is 13.5 Å². The first-order chi connectivity index (χ1) is 9.99. The van der Waals surface area contributed by atoms with Gasteiger partial charge in [0.1, 0.15) is 21.7 Å². The Kier molecular flexibility index (Phi) is 3.26. The van der Waals surface area contributed by atoms with Crippen molar-refractivity contribution in [2.24, 2.45) is 0 Å². The van der Waals surface area contributed by atoms with Gasteiger partial charge in [0, 0.05) is 5.56 Å². The van der Waals surface area contributed by atoms with E-state index in [0.717, 1.165) is 11.7 Å². The van der Waals surface area contributed by atoms with Gasteiger partial charge in [-0.2, -0.15) is 8.75 Å². The van der Waals surface area contributed by atoms with Gasteiger partial charge < -0.3 is 5.11 Å². The second-order valence-electron chi connectivity index (χ2n) is 4.44. The largest absolute Gasteiger partial charge is 0.508 e. The Morgan fingerprint density at radius 3 is 2.71 bits per heavy atom. The molecular weight excluding hydrogens is 310 g/mol. The molecule has 0 aliphatic rings. The molecule has 1 heterocycles. The summed E-state index contributed by atoms with van der Waals surface area (Å²) in [6.07, 6.45) is 0. The average molecular weight is 321 g/mol. The Labute approximate surface area is 125 Å². The molecule has 0 spiro atoms. The number of nitrogens with zero attached hydrogens (tertiary/aromatic N) is 2. The third-order valence-electron chi connectivity index (χ3n) is 3.09. The van der Waals surface area contributed by atoms with Crippen LogP contribution in [0.3, 0.4) is 0 Å². The summed E-state index contributed by atoms with van der Waals surface area (Å²) in [6.45, 7) is 1.64. The molecule has 0 aliphatic heterocycles. The number of phenolic OH excluding ortho intramolecular Hbond substituents is 1. The summed E-state index contributed by atoms with van der Waals surface area (Å²) in [5, 5.41) is 9.65. The maximum atomic E-state index is 12.5. The van der Waals surface area contributed by atoms with Crippen LogP contribution in [0, 0.1) is 6.92 Å². The Hall–Kier alpha value is -2.19. The van der Waals surface area contributed by atoms with E-state index in [0.29, 0.717) is 22.3 Å². The van der Waals surface area contributed by atoms with Crippen molar-refractivity contribution in [1.29, 1.82) is 0 Å². The molecule has 0 bridgehead atoms. The molecule has 8 heteroatoms. The van der Waals surface area contributed by atoms with E-state index in [1.165, 1.54) is 12.1 Å². The number of nitrogens with one attached hydrogen (secondary N) is 1. The van der Waals surface area contributed by atoms with Crippen molar-refractivity contribution >= 4 is 38.5 Å². The molecule has 2 aromatic carbocycles. The van der Waals surface area contributed by atoms with Crippen LogP contribution in [0.5, 0.6) is 5.75 Å². The second kappa shape index (κ2) is 4.97. The Morgan fingerprint density at radius 2 is 1.90 bits per heavy atom. The molecule has 21 heavy (non-hydrogen) atoms. The number of rotatable bonds is 3. The van der Waals surface area contributed by atoms with E-state index < -0.39 is 10.0 Å². The van der Waals surface area contributed by atoms with Crippen molar-refractivity contribution in [3.8, 4) is 5.75 Å². The Morgan fingerprint density at radius 1 is 1.14 bits per heavy atom. The number of hydrogen-bond donors (Lipinski definition) is 2. The van der Waals surface area contributed by atoms with Crippen LogP contribution in [0.2, 0.25) is 0 Å². The van der Waals surface area contributed by atoms with Crippen LogP contribution in [0.1, 0.15) is 5.56 Å². The second-order valence-corrected chi connectivity index (χ2v) is 6.62. The zero-order valence-electron chi connectivity index (χ0n) is 10.9. The topological polar surface area (TPSA) is 92.2 Å². The van der Waals surface area contributed by atoms with Crippen LogP contribution in [0.25, 0.3) is 11.0 Å². The van der Waals surface area contributed by atoms with Gasteiger partial charge in [-0.1, -0.05) is 12.1 Å². The van der Waals surface area contributed by atoms with Gasteiger partial charge in [-0.3, -0.25) is 4.72 Å². The molecule has 1 aromatic heterocycles. The molecular formula is C13H11N3O3S2. The van der Waals surface area contributed by atoms with Gasteiger partial charge >= 0.3 is 0 Å². The normalized spacial score (nSPS) is 11.7. The van der Waals surface area contributed by atoms with Gasteiger partial charge in [-0.05, 0) is 31.2 Å². The fourth-order valence-electron chi connectivity index (χ4n) is 1.93. The third kappa shape index (κ3) is 2.43. The van der Waals surface area contributed by atoms with Gasteiger partial charge in [0.15, 0.2) is 0 Å². The lowest BCUT2D eigenvalue weighted by Gasteiger charge is -2.11. The summed E-state index contributed by atoms with van der Waals surface area (Å²) in [7, 11) is -3.81. The number of anilines is 1. The molecule has 0 atom stereocenters. The minimum absolute atomic E-state index is 0.0312. The lowest BCUT2D eigenvalue weighted by atomic mass is 10.2. The Balaban J connectivity index is 2.09. The molecule has 0 unspecified atom stereocenters. The van der Waals surface area contributed by atoms with E-state index in [1.807, 2.05) is 0 Å². The number of sulfonamides is 1. The van der Waals surface area contributed by atoms with Crippen molar-refractivity contribution < 1.29 is 13.5 Å². The first-order valence-electron chi connectivity index (χ1n) is 6.02. The molecule has 6 nitrogen and oxygen atoms in total. The molecule has 0 aliphatic carbocycles.